The summed E-state index contributed by atoms with van der Waals surface area (Å²) in [7, 11) is -3.27. The van der Waals surface area contributed by atoms with Crippen molar-refractivity contribution in [3.63, 3.8) is 0 Å². The van der Waals surface area contributed by atoms with E-state index >= 15 is 0 Å². The van der Waals surface area contributed by atoms with Crippen molar-refractivity contribution in [3.05, 3.63) is 23.2 Å². The Kier molecular flexibility index (Phi) is 5.12. The molecule has 0 saturated carbocycles. The molecule has 1 saturated heterocycles. The van der Waals surface area contributed by atoms with Gasteiger partial charge in [0.15, 0.2) is 0 Å². The van der Waals surface area contributed by atoms with E-state index in [0.29, 0.717) is 16.6 Å². The lowest BCUT2D eigenvalue weighted by molar-refractivity contribution is 0.393. The number of hydrogen-bond acceptors (Lipinski definition) is 4. The summed E-state index contributed by atoms with van der Waals surface area (Å²) in [6, 6.07) is 5.06. The molecule has 0 amide bonds. The van der Waals surface area contributed by atoms with Crippen LogP contribution in [0.5, 0.6) is 0 Å². The first-order valence-electron chi connectivity index (χ1n) is 6.66. The Bertz CT molecular complexity index is 557. The molecule has 1 aromatic rings. The maximum Gasteiger partial charge on any atom is 0.229 e. The Labute approximate surface area is 125 Å². The van der Waals surface area contributed by atoms with Crippen LogP contribution in [0.25, 0.3) is 0 Å². The molecular weight excluding hydrogens is 298 g/mol. The van der Waals surface area contributed by atoms with Crippen molar-refractivity contribution in [2.75, 3.05) is 35.9 Å². The first-order chi connectivity index (χ1) is 9.44. The lowest BCUT2D eigenvalue weighted by atomic mass is 10.00. The predicted molar refractivity (Wildman–Crippen MR) is 84.0 cm³/mol. The van der Waals surface area contributed by atoms with Gasteiger partial charge in [-0.3, -0.25) is 4.72 Å². The van der Waals surface area contributed by atoms with Crippen molar-refractivity contribution < 1.29 is 8.42 Å². The first-order valence-corrected chi connectivity index (χ1v) is 8.93. The summed E-state index contributed by atoms with van der Waals surface area (Å²) in [6.45, 7) is 2.92. The molecule has 5 nitrogen and oxygen atoms in total. The van der Waals surface area contributed by atoms with Gasteiger partial charge < -0.3 is 10.6 Å². The lowest BCUT2D eigenvalue weighted by Gasteiger charge is -2.23. The van der Waals surface area contributed by atoms with Gasteiger partial charge in [0.25, 0.3) is 0 Å². The van der Waals surface area contributed by atoms with E-state index in [1.807, 2.05) is 0 Å². The highest BCUT2D eigenvalue weighted by molar-refractivity contribution is 7.92. The molecule has 0 radical (unpaired) electrons. The van der Waals surface area contributed by atoms with Gasteiger partial charge in [0.05, 0.1) is 22.7 Å². The summed E-state index contributed by atoms with van der Waals surface area (Å²) in [6.07, 6.45) is 3.51. The molecule has 20 heavy (non-hydrogen) atoms. The second-order valence-electron chi connectivity index (χ2n) is 5.16. The molecule has 1 heterocycles. The lowest BCUT2D eigenvalue weighted by Crippen LogP contribution is -2.33. The minimum atomic E-state index is -3.27. The van der Waals surface area contributed by atoms with Gasteiger partial charge in [-0.25, -0.2) is 8.42 Å². The minimum absolute atomic E-state index is 0.515. The van der Waals surface area contributed by atoms with E-state index in [1.165, 1.54) is 12.8 Å². The Morgan fingerprint density at radius 1 is 1.45 bits per heavy atom. The molecule has 0 spiro atoms. The van der Waals surface area contributed by atoms with Crippen LogP contribution in [0, 0.1) is 5.92 Å². The van der Waals surface area contributed by atoms with Crippen molar-refractivity contribution >= 4 is 33.0 Å². The van der Waals surface area contributed by atoms with E-state index in [2.05, 4.69) is 15.4 Å². The quantitative estimate of drug-likeness (QED) is 0.778. The van der Waals surface area contributed by atoms with Crippen LogP contribution < -0.4 is 15.4 Å². The zero-order chi connectivity index (χ0) is 14.6. The normalized spacial score (nSPS) is 19.6. The van der Waals surface area contributed by atoms with Gasteiger partial charge in [0.2, 0.25) is 10.0 Å². The molecule has 1 aliphatic heterocycles. The number of rotatable bonds is 5. The van der Waals surface area contributed by atoms with Gasteiger partial charge in [0, 0.05) is 6.54 Å². The molecule has 0 aliphatic carbocycles. The van der Waals surface area contributed by atoms with Crippen LogP contribution in [0.15, 0.2) is 18.2 Å². The summed E-state index contributed by atoms with van der Waals surface area (Å²) >= 11 is 6.13. The molecule has 1 aromatic carbocycles. The van der Waals surface area contributed by atoms with Crippen LogP contribution in [0.4, 0.5) is 11.4 Å². The van der Waals surface area contributed by atoms with Crippen LogP contribution in [-0.4, -0.2) is 34.3 Å². The van der Waals surface area contributed by atoms with Gasteiger partial charge in [-0.05, 0) is 50.0 Å². The maximum atomic E-state index is 11.2. The fourth-order valence-corrected chi connectivity index (χ4v) is 3.03. The molecule has 1 fully saturated rings. The van der Waals surface area contributed by atoms with E-state index in [-0.39, 0.29) is 0 Å². The number of benzene rings is 1. The number of halogens is 1. The Hall–Kier alpha value is -0.980. The third-order valence-corrected chi connectivity index (χ3v) is 4.19. The number of sulfonamides is 1. The van der Waals surface area contributed by atoms with Gasteiger partial charge in [-0.2, -0.15) is 0 Å². The van der Waals surface area contributed by atoms with Crippen LogP contribution in [-0.2, 0) is 10.0 Å². The van der Waals surface area contributed by atoms with Crippen LogP contribution >= 0.6 is 11.6 Å². The average molecular weight is 318 g/mol. The molecule has 3 N–H and O–H groups in total. The summed E-state index contributed by atoms with van der Waals surface area (Å²) < 4.78 is 24.9. The molecule has 1 atom stereocenters. The van der Waals surface area contributed by atoms with Crippen molar-refractivity contribution in [2.24, 2.45) is 5.92 Å². The van der Waals surface area contributed by atoms with Crippen LogP contribution in [0.3, 0.4) is 0 Å². The Morgan fingerprint density at radius 3 is 2.90 bits per heavy atom. The highest BCUT2D eigenvalue weighted by atomic mass is 35.5. The SMILES string of the molecule is CS(=O)(=O)Nc1ccc(Cl)c(NCC2CCCNC2)c1. The molecule has 1 aliphatic rings. The third kappa shape index (κ3) is 4.85. The molecule has 7 heteroatoms. The van der Waals surface area contributed by atoms with E-state index in [9.17, 15) is 8.42 Å². The molecule has 0 aromatic heterocycles. The zero-order valence-electron chi connectivity index (χ0n) is 11.4. The fourth-order valence-electron chi connectivity index (χ4n) is 2.29. The maximum absolute atomic E-state index is 11.2. The van der Waals surface area contributed by atoms with Crippen molar-refractivity contribution in [1.29, 1.82) is 0 Å². The first kappa shape index (κ1) is 15.4. The smallest absolute Gasteiger partial charge is 0.229 e. The topological polar surface area (TPSA) is 70.2 Å². The molecular formula is C13H20ClN3O2S. The Morgan fingerprint density at radius 2 is 2.25 bits per heavy atom. The van der Waals surface area contributed by atoms with Gasteiger partial charge in [-0.1, -0.05) is 11.6 Å². The highest BCUT2D eigenvalue weighted by Crippen LogP contribution is 2.26. The number of piperidine rings is 1. The van der Waals surface area contributed by atoms with Crippen molar-refractivity contribution in [3.8, 4) is 0 Å². The number of nitrogens with one attached hydrogen (secondary N) is 3. The van der Waals surface area contributed by atoms with Crippen molar-refractivity contribution in [1.82, 2.24) is 5.32 Å². The van der Waals surface area contributed by atoms with Crippen LogP contribution in [0.2, 0.25) is 5.02 Å². The van der Waals surface area contributed by atoms with E-state index in [4.69, 9.17) is 11.6 Å². The monoisotopic (exact) mass is 317 g/mol. The average Bonchev–Trinajstić information content (AvgIpc) is 2.39. The van der Waals surface area contributed by atoms with Crippen molar-refractivity contribution in [2.45, 2.75) is 12.8 Å². The zero-order valence-corrected chi connectivity index (χ0v) is 13.0. The number of hydrogen-bond donors (Lipinski definition) is 3. The molecule has 1 unspecified atom stereocenters. The van der Waals surface area contributed by atoms with E-state index in [1.54, 1.807) is 18.2 Å². The van der Waals surface area contributed by atoms with Gasteiger partial charge >= 0.3 is 0 Å². The third-order valence-electron chi connectivity index (χ3n) is 3.25. The fraction of sp³-hybridized carbons (Fsp3) is 0.538. The summed E-state index contributed by atoms with van der Waals surface area (Å²) in [5, 5.41) is 7.26. The Balaban J connectivity index is 2.00. The largest absolute Gasteiger partial charge is 0.383 e. The van der Waals surface area contributed by atoms with Crippen LogP contribution in [0.1, 0.15) is 12.8 Å². The van der Waals surface area contributed by atoms with Gasteiger partial charge in [0.1, 0.15) is 0 Å². The number of anilines is 2. The van der Waals surface area contributed by atoms with E-state index in [0.717, 1.165) is 31.6 Å². The molecule has 112 valence electrons. The second-order valence-corrected chi connectivity index (χ2v) is 7.32. The summed E-state index contributed by atoms with van der Waals surface area (Å²) in [4.78, 5) is 0. The van der Waals surface area contributed by atoms with E-state index < -0.39 is 10.0 Å². The predicted octanol–water partition coefficient (Wildman–Crippen LogP) is 2.12. The highest BCUT2D eigenvalue weighted by Gasteiger charge is 2.13. The standard InChI is InChI=1S/C13H20ClN3O2S/c1-20(18,19)17-11-4-5-12(14)13(7-11)16-9-10-3-2-6-15-8-10/h4-5,7,10,15-17H,2-3,6,8-9H2,1H3. The second kappa shape index (κ2) is 6.65. The van der Waals surface area contributed by atoms with Gasteiger partial charge in [-0.15, -0.1) is 0 Å². The minimum Gasteiger partial charge on any atom is -0.383 e. The summed E-state index contributed by atoms with van der Waals surface area (Å²) in [5.74, 6) is 0.575. The molecule has 0 bridgehead atoms. The molecule has 2 rings (SSSR count). The summed E-state index contributed by atoms with van der Waals surface area (Å²) in [5.41, 5.74) is 1.27.